The number of hydrogen-bond donors (Lipinski definition) is 2. The van der Waals surface area contributed by atoms with Crippen molar-refractivity contribution in [2.45, 2.75) is 9.46 Å². The molecule has 2 N–H and O–H groups in total. The maximum absolute atomic E-state index is 12.6. The summed E-state index contributed by atoms with van der Waals surface area (Å²) in [4.78, 5) is 10.6. The predicted molar refractivity (Wildman–Crippen MR) is 123 cm³/mol. The van der Waals surface area contributed by atoms with Gasteiger partial charge in [0.1, 0.15) is 9.25 Å². The number of anilines is 1. The van der Waals surface area contributed by atoms with E-state index in [1.165, 1.54) is 11.3 Å². The molecule has 0 bridgehead atoms. The van der Waals surface area contributed by atoms with Gasteiger partial charge in [0.15, 0.2) is 0 Å². The van der Waals surface area contributed by atoms with Crippen LogP contribution in [0.15, 0.2) is 51.0 Å². The Morgan fingerprint density at radius 1 is 1.23 bits per heavy atom. The Kier molecular flexibility index (Phi) is 5.59. The van der Waals surface area contributed by atoms with Crippen LogP contribution in [0.25, 0.3) is 10.9 Å². The highest BCUT2D eigenvalue weighted by atomic mass is 32.2. The SMILES string of the molecule is O=S(=O)(Nc1cccc2cc(C3=NCC(CN4CCOCC4)S3)[nH]c12)c1cccs1. The van der Waals surface area contributed by atoms with Crippen molar-refractivity contribution in [1.29, 1.82) is 0 Å². The van der Waals surface area contributed by atoms with Crippen molar-refractivity contribution in [1.82, 2.24) is 9.88 Å². The summed E-state index contributed by atoms with van der Waals surface area (Å²) in [6, 6.07) is 11.0. The minimum Gasteiger partial charge on any atom is -0.379 e. The molecule has 2 aliphatic heterocycles. The summed E-state index contributed by atoms with van der Waals surface area (Å²) >= 11 is 2.99. The molecule has 7 nitrogen and oxygen atoms in total. The third kappa shape index (κ3) is 4.15. The molecule has 1 saturated heterocycles. The molecule has 0 radical (unpaired) electrons. The third-order valence-corrected chi connectivity index (χ3v) is 9.14. The van der Waals surface area contributed by atoms with Crippen molar-refractivity contribution in [2.24, 2.45) is 4.99 Å². The van der Waals surface area contributed by atoms with Crippen molar-refractivity contribution in [3.63, 3.8) is 0 Å². The Balaban J connectivity index is 1.34. The van der Waals surface area contributed by atoms with E-state index in [0.717, 1.165) is 61.0 Å². The molecule has 4 heterocycles. The van der Waals surface area contributed by atoms with Crippen LogP contribution < -0.4 is 4.72 Å². The van der Waals surface area contributed by atoms with Crippen LogP contribution in [-0.2, 0) is 14.8 Å². The number of aromatic nitrogens is 1. The van der Waals surface area contributed by atoms with E-state index in [4.69, 9.17) is 9.73 Å². The van der Waals surface area contributed by atoms with Gasteiger partial charge in [-0.3, -0.25) is 14.6 Å². The lowest BCUT2D eigenvalue weighted by Gasteiger charge is -2.28. The Labute approximate surface area is 183 Å². The average molecular weight is 463 g/mol. The van der Waals surface area contributed by atoms with E-state index in [9.17, 15) is 8.42 Å². The van der Waals surface area contributed by atoms with Crippen LogP contribution in [0.4, 0.5) is 5.69 Å². The number of thioether (sulfide) groups is 1. The number of H-pyrrole nitrogens is 1. The molecular formula is C20H22N4O3S3. The number of benzene rings is 1. The molecule has 3 aromatic rings. The van der Waals surface area contributed by atoms with E-state index in [0.29, 0.717) is 15.1 Å². The van der Waals surface area contributed by atoms with Gasteiger partial charge in [0, 0.05) is 30.3 Å². The summed E-state index contributed by atoms with van der Waals surface area (Å²) in [7, 11) is -3.60. The van der Waals surface area contributed by atoms with Gasteiger partial charge in [0.25, 0.3) is 10.0 Å². The highest BCUT2D eigenvalue weighted by molar-refractivity contribution is 8.15. The second kappa shape index (κ2) is 8.35. The van der Waals surface area contributed by atoms with Gasteiger partial charge in [0.2, 0.25) is 0 Å². The average Bonchev–Trinajstić information content (AvgIpc) is 3.49. The van der Waals surface area contributed by atoms with Crippen LogP contribution in [0.2, 0.25) is 0 Å². The summed E-state index contributed by atoms with van der Waals surface area (Å²) in [5, 5.41) is 4.12. The summed E-state index contributed by atoms with van der Waals surface area (Å²) in [6.45, 7) is 5.37. The quantitative estimate of drug-likeness (QED) is 0.587. The molecule has 10 heteroatoms. The Hall–Kier alpha value is -1.85. The van der Waals surface area contributed by atoms with Crippen molar-refractivity contribution < 1.29 is 13.2 Å². The molecule has 0 saturated carbocycles. The van der Waals surface area contributed by atoms with Gasteiger partial charge in [-0.25, -0.2) is 8.42 Å². The topological polar surface area (TPSA) is 86.8 Å². The van der Waals surface area contributed by atoms with Crippen LogP contribution in [0, 0.1) is 0 Å². The smallest absolute Gasteiger partial charge is 0.271 e. The first-order valence-corrected chi connectivity index (χ1v) is 13.0. The number of thiophene rings is 1. The molecule has 0 amide bonds. The number of sulfonamides is 1. The minimum absolute atomic E-state index is 0.299. The van der Waals surface area contributed by atoms with E-state index < -0.39 is 10.0 Å². The van der Waals surface area contributed by atoms with Gasteiger partial charge < -0.3 is 9.72 Å². The zero-order chi connectivity index (χ0) is 20.6. The molecule has 0 spiro atoms. The molecule has 2 aliphatic rings. The van der Waals surface area contributed by atoms with Gasteiger partial charge in [0.05, 0.1) is 36.7 Å². The first kappa shape index (κ1) is 20.1. The highest BCUT2D eigenvalue weighted by Gasteiger charge is 2.25. The summed E-state index contributed by atoms with van der Waals surface area (Å²) < 4.78 is 33.7. The lowest BCUT2D eigenvalue weighted by atomic mass is 10.2. The summed E-state index contributed by atoms with van der Waals surface area (Å²) in [5.41, 5.74) is 2.25. The molecule has 5 rings (SSSR count). The number of rotatable bonds is 6. The number of aliphatic imine (C=N–C) groups is 1. The Morgan fingerprint density at radius 2 is 2.10 bits per heavy atom. The monoisotopic (exact) mass is 462 g/mol. The fourth-order valence-corrected chi connectivity index (χ4v) is 6.90. The molecular weight excluding hydrogens is 440 g/mol. The van der Waals surface area contributed by atoms with Crippen LogP contribution in [0.5, 0.6) is 0 Å². The number of aromatic amines is 1. The first-order valence-electron chi connectivity index (χ1n) is 9.78. The predicted octanol–water partition coefficient (Wildman–Crippen LogP) is 3.22. The van der Waals surface area contributed by atoms with Crippen LogP contribution >= 0.6 is 23.1 Å². The molecule has 1 aromatic carbocycles. The number of morpholine rings is 1. The van der Waals surface area contributed by atoms with E-state index in [1.807, 2.05) is 18.2 Å². The molecule has 2 aromatic heterocycles. The van der Waals surface area contributed by atoms with Crippen molar-refractivity contribution in [3.8, 4) is 0 Å². The number of fused-ring (bicyclic) bond motifs is 1. The first-order chi connectivity index (χ1) is 14.6. The largest absolute Gasteiger partial charge is 0.379 e. The van der Waals surface area contributed by atoms with Gasteiger partial charge in [-0.2, -0.15) is 0 Å². The summed E-state index contributed by atoms with van der Waals surface area (Å²) in [6.07, 6.45) is 0. The molecule has 158 valence electrons. The zero-order valence-electron chi connectivity index (χ0n) is 16.2. The molecule has 1 unspecified atom stereocenters. The lowest BCUT2D eigenvalue weighted by molar-refractivity contribution is 0.0385. The van der Waals surface area contributed by atoms with Gasteiger partial charge in [-0.1, -0.05) is 30.0 Å². The van der Waals surface area contributed by atoms with Crippen molar-refractivity contribution >= 4 is 54.8 Å². The lowest BCUT2D eigenvalue weighted by Crippen LogP contribution is -2.40. The number of ether oxygens (including phenoxy) is 1. The van der Waals surface area contributed by atoms with Crippen LogP contribution in [0.1, 0.15) is 5.69 Å². The van der Waals surface area contributed by atoms with E-state index in [-0.39, 0.29) is 0 Å². The van der Waals surface area contributed by atoms with E-state index in [2.05, 4.69) is 14.6 Å². The van der Waals surface area contributed by atoms with Gasteiger partial charge >= 0.3 is 0 Å². The molecule has 30 heavy (non-hydrogen) atoms. The zero-order valence-corrected chi connectivity index (χ0v) is 18.7. The molecule has 1 atom stereocenters. The molecule has 0 aliphatic carbocycles. The number of nitrogens with one attached hydrogen (secondary N) is 2. The summed E-state index contributed by atoms with van der Waals surface area (Å²) in [5.74, 6) is 0. The number of nitrogens with zero attached hydrogens (tertiary/aromatic N) is 2. The number of hydrogen-bond acceptors (Lipinski definition) is 7. The van der Waals surface area contributed by atoms with Gasteiger partial charge in [-0.05, 0) is 23.6 Å². The minimum atomic E-state index is -3.60. The fraction of sp³-hybridized carbons (Fsp3) is 0.350. The van der Waals surface area contributed by atoms with Crippen LogP contribution in [0.3, 0.4) is 0 Å². The second-order valence-electron chi connectivity index (χ2n) is 7.29. The molecule has 1 fully saturated rings. The Bertz CT molecular complexity index is 1170. The van der Waals surface area contributed by atoms with E-state index >= 15 is 0 Å². The maximum Gasteiger partial charge on any atom is 0.271 e. The fourth-order valence-electron chi connectivity index (χ4n) is 3.70. The standard InChI is InChI=1S/C20H22N4O3S3/c25-30(26,18-5-2-10-28-18)23-16-4-1-3-14-11-17(22-19(14)16)20-21-12-15(29-20)13-24-6-8-27-9-7-24/h1-5,10-11,15,22-23H,6-9,12-13H2. The second-order valence-corrected chi connectivity index (χ2v) is 11.4. The Morgan fingerprint density at radius 3 is 2.90 bits per heavy atom. The van der Waals surface area contributed by atoms with Gasteiger partial charge in [-0.15, -0.1) is 11.3 Å². The number of para-hydroxylation sites is 1. The van der Waals surface area contributed by atoms with Crippen molar-refractivity contribution in [2.75, 3.05) is 44.1 Å². The maximum atomic E-state index is 12.6. The highest BCUT2D eigenvalue weighted by Crippen LogP contribution is 2.31. The van der Waals surface area contributed by atoms with Crippen LogP contribution in [-0.4, -0.2) is 68.0 Å². The normalized spacial score (nSPS) is 20.5. The van der Waals surface area contributed by atoms with Crippen molar-refractivity contribution in [3.05, 3.63) is 47.5 Å². The van der Waals surface area contributed by atoms with E-state index in [1.54, 1.807) is 35.3 Å². The third-order valence-electron chi connectivity index (χ3n) is 5.17.